The standard InChI is InChI=1S/C22H23F3N2O5/c1-30-18-5-3-2-4-17(18)21(10-12-31-13-11-21)14-26-19(28)20(29)27-15-6-8-16(9-7-15)32-22(23,24)25/h2-9H,10-14H2,1H3,(H,26,28)(H,27,29). The summed E-state index contributed by atoms with van der Waals surface area (Å²) in [5.74, 6) is -1.54. The highest BCUT2D eigenvalue weighted by atomic mass is 19.4. The predicted octanol–water partition coefficient (Wildman–Crippen LogP) is 3.40. The first-order valence-corrected chi connectivity index (χ1v) is 9.89. The van der Waals surface area contributed by atoms with E-state index in [1.54, 1.807) is 7.11 Å². The number of rotatable bonds is 6. The monoisotopic (exact) mass is 452 g/mol. The normalized spacial score (nSPS) is 15.5. The minimum absolute atomic E-state index is 0.158. The van der Waals surface area contributed by atoms with Crippen LogP contribution in [0.1, 0.15) is 18.4 Å². The number of amides is 2. The maximum atomic E-state index is 12.4. The molecular formula is C22H23F3N2O5. The summed E-state index contributed by atoms with van der Waals surface area (Å²) < 4.78 is 51.4. The minimum Gasteiger partial charge on any atom is -0.496 e. The van der Waals surface area contributed by atoms with Crippen LogP contribution in [0.5, 0.6) is 11.5 Å². The molecule has 1 aliphatic heterocycles. The minimum atomic E-state index is -4.81. The van der Waals surface area contributed by atoms with E-state index in [4.69, 9.17) is 9.47 Å². The number of halogens is 3. The van der Waals surface area contributed by atoms with Crippen molar-refractivity contribution in [2.24, 2.45) is 0 Å². The number of hydrogen-bond acceptors (Lipinski definition) is 5. The van der Waals surface area contributed by atoms with Gasteiger partial charge in [-0.3, -0.25) is 9.59 Å². The van der Waals surface area contributed by atoms with Crippen LogP contribution >= 0.6 is 0 Å². The van der Waals surface area contributed by atoms with Gasteiger partial charge in [0.25, 0.3) is 0 Å². The molecular weight excluding hydrogens is 429 g/mol. The molecule has 2 N–H and O–H groups in total. The molecule has 0 aromatic heterocycles. The van der Waals surface area contributed by atoms with Crippen LogP contribution in [-0.2, 0) is 19.7 Å². The van der Waals surface area contributed by atoms with Gasteiger partial charge in [-0.05, 0) is 43.2 Å². The summed E-state index contributed by atoms with van der Waals surface area (Å²) in [5.41, 5.74) is 0.620. The van der Waals surface area contributed by atoms with Gasteiger partial charge < -0.3 is 24.8 Å². The van der Waals surface area contributed by atoms with Crippen LogP contribution in [0.15, 0.2) is 48.5 Å². The number of ether oxygens (including phenoxy) is 3. The van der Waals surface area contributed by atoms with Crippen LogP contribution in [0.25, 0.3) is 0 Å². The lowest BCUT2D eigenvalue weighted by Gasteiger charge is -2.38. The van der Waals surface area contributed by atoms with Crippen molar-refractivity contribution in [1.29, 1.82) is 0 Å². The molecule has 7 nitrogen and oxygen atoms in total. The highest BCUT2D eigenvalue weighted by molar-refractivity contribution is 6.39. The van der Waals surface area contributed by atoms with E-state index >= 15 is 0 Å². The summed E-state index contributed by atoms with van der Waals surface area (Å²) in [5, 5.41) is 5.03. The van der Waals surface area contributed by atoms with Crippen molar-refractivity contribution in [2.45, 2.75) is 24.6 Å². The number of benzene rings is 2. The summed E-state index contributed by atoms with van der Waals surface area (Å²) >= 11 is 0. The van der Waals surface area contributed by atoms with E-state index in [2.05, 4.69) is 15.4 Å². The van der Waals surface area contributed by atoms with Gasteiger partial charge in [0.05, 0.1) is 7.11 Å². The van der Waals surface area contributed by atoms with E-state index in [9.17, 15) is 22.8 Å². The Morgan fingerprint density at radius 2 is 1.69 bits per heavy atom. The smallest absolute Gasteiger partial charge is 0.496 e. The zero-order valence-corrected chi connectivity index (χ0v) is 17.3. The number of nitrogens with one attached hydrogen (secondary N) is 2. The number of para-hydroxylation sites is 1. The van der Waals surface area contributed by atoms with Gasteiger partial charge in [0.15, 0.2) is 0 Å². The molecule has 0 saturated carbocycles. The second-order valence-corrected chi connectivity index (χ2v) is 7.30. The van der Waals surface area contributed by atoms with Crippen molar-refractivity contribution in [2.75, 3.05) is 32.2 Å². The molecule has 0 bridgehead atoms. The molecule has 1 saturated heterocycles. The summed E-state index contributed by atoms with van der Waals surface area (Å²) in [6, 6.07) is 12.0. The van der Waals surface area contributed by atoms with Crippen LogP contribution < -0.4 is 20.1 Å². The zero-order valence-electron chi connectivity index (χ0n) is 17.3. The SMILES string of the molecule is COc1ccccc1C1(CNC(=O)C(=O)Nc2ccc(OC(F)(F)F)cc2)CCOCC1. The van der Waals surface area contributed by atoms with Gasteiger partial charge in [-0.2, -0.15) is 0 Å². The Morgan fingerprint density at radius 3 is 2.31 bits per heavy atom. The van der Waals surface area contributed by atoms with Gasteiger partial charge >= 0.3 is 18.2 Å². The third-order valence-electron chi connectivity index (χ3n) is 5.27. The first kappa shape index (κ1) is 23.4. The summed E-state index contributed by atoms with van der Waals surface area (Å²) in [6.45, 7) is 1.21. The predicted molar refractivity (Wildman–Crippen MR) is 109 cm³/mol. The largest absolute Gasteiger partial charge is 0.573 e. The molecule has 172 valence electrons. The van der Waals surface area contributed by atoms with Crippen molar-refractivity contribution in [3.05, 3.63) is 54.1 Å². The third-order valence-corrected chi connectivity index (χ3v) is 5.27. The number of alkyl halides is 3. The molecule has 0 atom stereocenters. The fourth-order valence-electron chi connectivity index (χ4n) is 3.64. The number of anilines is 1. The molecule has 10 heteroatoms. The molecule has 3 rings (SSSR count). The number of methoxy groups -OCH3 is 1. The van der Waals surface area contributed by atoms with Crippen LogP contribution in [0, 0.1) is 0 Å². The van der Waals surface area contributed by atoms with Crippen molar-refractivity contribution in [3.63, 3.8) is 0 Å². The third kappa shape index (κ3) is 5.91. The Balaban J connectivity index is 1.64. The molecule has 0 aliphatic carbocycles. The van der Waals surface area contributed by atoms with Crippen LogP contribution in [0.2, 0.25) is 0 Å². The summed E-state index contributed by atoms with van der Waals surface area (Å²) in [7, 11) is 1.57. The molecule has 2 aromatic carbocycles. The summed E-state index contributed by atoms with van der Waals surface area (Å²) in [4.78, 5) is 24.7. The Kier molecular flexibility index (Phi) is 7.24. The Labute approximate surface area is 182 Å². The van der Waals surface area contributed by atoms with Crippen molar-refractivity contribution in [3.8, 4) is 11.5 Å². The lowest BCUT2D eigenvalue weighted by molar-refractivity contribution is -0.274. The van der Waals surface area contributed by atoms with E-state index in [0.29, 0.717) is 31.8 Å². The maximum absolute atomic E-state index is 12.4. The van der Waals surface area contributed by atoms with Crippen molar-refractivity contribution >= 4 is 17.5 Å². The fraction of sp³-hybridized carbons (Fsp3) is 0.364. The van der Waals surface area contributed by atoms with Gasteiger partial charge in [0.1, 0.15) is 11.5 Å². The second-order valence-electron chi connectivity index (χ2n) is 7.30. The molecule has 2 amide bonds. The van der Waals surface area contributed by atoms with Gasteiger partial charge in [-0.1, -0.05) is 18.2 Å². The van der Waals surface area contributed by atoms with Crippen molar-refractivity contribution in [1.82, 2.24) is 5.32 Å². The van der Waals surface area contributed by atoms with E-state index in [1.807, 2.05) is 24.3 Å². The molecule has 1 heterocycles. The average molecular weight is 452 g/mol. The number of hydrogen-bond donors (Lipinski definition) is 2. The van der Waals surface area contributed by atoms with Crippen LogP contribution in [0.3, 0.4) is 0 Å². The average Bonchev–Trinajstić information content (AvgIpc) is 2.78. The quantitative estimate of drug-likeness (QED) is 0.657. The lowest BCUT2D eigenvalue weighted by Crippen LogP contribution is -2.47. The van der Waals surface area contributed by atoms with Crippen LogP contribution in [-0.4, -0.2) is 45.0 Å². The maximum Gasteiger partial charge on any atom is 0.573 e. The van der Waals surface area contributed by atoms with E-state index < -0.39 is 29.3 Å². The van der Waals surface area contributed by atoms with E-state index in [-0.39, 0.29) is 12.2 Å². The van der Waals surface area contributed by atoms with Gasteiger partial charge in [-0.15, -0.1) is 13.2 Å². The van der Waals surface area contributed by atoms with Crippen molar-refractivity contribution < 1.29 is 37.0 Å². The van der Waals surface area contributed by atoms with Gasteiger partial charge in [0, 0.05) is 36.4 Å². The van der Waals surface area contributed by atoms with E-state index in [0.717, 1.165) is 17.7 Å². The van der Waals surface area contributed by atoms with Gasteiger partial charge in [0.2, 0.25) is 0 Å². The zero-order chi connectivity index (χ0) is 23.2. The lowest BCUT2D eigenvalue weighted by atomic mass is 9.73. The molecule has 0 unspecified atom stereocenters. The Bertz CT molecular complexity index is 941. The number of carbonyl (C=O) groups excluding carboxylic acids is 2. The molecule has 2 aromatic rings. The van der Waals surface area contributed by atoms with Gasteiger partial charge in [-0.25, -0.2) is 0 Å². The molecule has 1 aliphatic rings. The molecule has 1 fully saturated rings. The highest BCUT2D eigenvalue weighted by Gasteiger charge is 2.37. The Hall–Kier alpha value is -3.27. The molecule has 0 spiro atoms. The fourth-order valence-corrected chi connectivity index (χ4v) is 3.64. The first-order valence-electron chi connectivity index (χ1n) is 9.89. The Morgan fingerprint density at radius 1 is 1.03 bits per heavy atom. The first-order chi connectivity index (χ1) is 15.2. The van der Waals surface area contributed by atoms with E-state index in [1.165, 1.54) is 12.1 Å². The second kappa shape index (κ2) is 9.90. The molecule has 0 radical (unpaired) electrons. The molecule has 32 heavy (non-hydrogen) atoms. The number of carbonyl (C=O) groups is 2. The summed E-state index contributed by atoms with van der Waals surface area (Å²) in [6.07, 6.45) is -3.54. The van der Waals surface area contributed by atoms with Crippen LogP contribution in [0.4, 0.5) is 18.9 Å². The highest BCUT2D eigenvalue weighted by Crippen LogP contribution is 2.39. The topological polar surface area (TPSA) is 85.9 Å².